The predicted molar refractivity (Wildman–Crippen MR) is 58.6 cm³/mol. The van der Waals surface area contributed by atoms with Crippen molar-refractivity contribution in [2.45, 2.75) is 39.4 Å². The van der Waals surface area contributed by atoms with Crippen LogP contribution < -0.4 is 5.32 Å². The molecule has 0 saturated carbocycles. The van der Waals surface area contributed by atoms with Crippen LogP contribution in [0.5, 0.6) is 0 Å². The first-order chi connectivity index (χ1) is 7.22. The number of aromatic nitrogens is 3. The monoisotopic (exact) mass is 212 g/mol. The smallest absolute Gasteiger partial charge is 0.137 e. The highest BCUT2D eigenvalue weighted by Gasteiger charge is 2.07. The van der Waals surface area contributed by atoms with Gasteiger partial charge in [0.25, 0.3) is 0 Å². The van der Waals surface area contributed by atoms with Gasteiger partial charge in [-0.05, 0) is 20.8 Å². The van der Waals surface area contributed by atoms with E-state index in [0.29, 0.717) is 12.1 Å². The quantitative estimate of drug-likeness (QED) is 0.722. The lowest BCUT2D eigenvalue weighted by molar-refractivity contribution is 0.123. The minimum Gasteiger partial charge on any atom is -0.380 e. The third-order valence-electron chi connectivity index (χ3n) is 2.07. The van der Waals surface area contributed by atoms with E-state index in [-0.39, 0.29) is 0 Å². The van der Waals surface area contributed by atoms with Crippen LogP contribution in [0.2, 0.25) is 0 Å². The molecule has 0 bridgehead atoms. The van der Waals surface area contributed by atoms with E-state index in [4.69, 9.17) is 4.74 Å². The summed E-state index contributed by atoms with van der Waals surface area (Å²) in [5.41, 5.74) is 0. The Balaban J connectivity index is 2.20. The van der Waals surface area contributed by atoms with Gasteiger partial charge in [-0.25, -0.2) is 4.98 Å². The Morgan fingerprint density at radius 1 is 1.40 bits per heavy atom. The second-order valence-corrected chi connectivity index (χ2v) is 3.75. The van der Waals surface area contributed by atoms with E-state index in [1.54, 1.807) is 12.7 Å². The Labute approximate surface area is 90.8 Å². The normalized spacial score (nSPS) is 15.1. The average Bonchev–Trinajstić information content (AvgIpc) is 2.67. The van der Waals surface area contributed by atoms with Crippen LogP contribution in [-0.2, 0) is 11.3 Å². The number of nitrogens with zero attached hydrogens (tertiary/aromatic N) is 3. The predicted octanol–water partition coefficient (Wildman–Crippen LogP) is 0.681. The molecule has 1 aromatic rings. The molecule has 1 rings (SSSR count). The molecule has 0 saturated heterocycles. The molecule has 0 aliphatic heterocycles. The number of hydrogen-bond acceptors (Lipinski definition) is 4. The van der Waals surface area contributed by atoms with E-state index in [0.717, 1.165) is 19.8 Å². The summed E-state index contributed by atoms with van der Waals surface area (Å²) >= 11 is 0. The third kappa shape index (κ3) is 4.90. The standard InChI is InChI=1S/C10H20N4O/c1-4-15-6-10(3)13-9(2)5-14-8-11-7-12-14/h7-10,13H,4-6H2,1-3H3. The average molecular weight is 212 g/mol. The van der Waals surface area contributed by atoms with Crippen molar-refractivity contribution in [2.24, 2.45) is 0 Å². The van der Waals surface area contributed by atoms with Gasteiger partial charge in [-0.2, -0.15) is 5.10 Å². The molecule has 0 spiro atoms. The lowest BCUT2D eigenvalue weighted by atomic mass is 10.2. The molecule has 15 heavy (non-hydrogen) atoms. The van der Waals surface area contributed by atoms with Gasteiger partial charge in [-0.3, -0.25) is 4.68 Å². The first kappa shape index (κ1) is 12.1. The molecule has 5 heteroatoms. The maximum Gasteiger partial charge on any atom is 0.137 e. The first-order valence-corrected chi connectivity index (χ1v) is 5.38. The van der Waals surface area contributed by atoms with Crippen LogP contribution in [0, 0.1) is 0 Å². The molecule has 2 atom stereocenters. The molecular weight excluding hydrogens is 192 g/mol. The molecule has 0 aliphatic carbocycles. The lowest BCUT2D eigenvalue weighted by Gasteiger charge is -2.19. The topological polar surface area (TPSA) is 52.0 Å². The highest BCUT2D eigenvalue weighted by Crippen LogP contribution is 1.92. The molecule has 86 valence electrons. The zero-order valence-electron chi connectivity index (χ0n) is 9.68. The first-order valence-electron chi connectivity index (χ1n) is 5.38. The second kappa shape index (κ2) is 6.53. The van der Waals surface area contributed by atoms with Crippen molar-refractivity contribution >= 4 is 0 Å². The Morgan fingerprint density at radius 2 is 2.20 bits per heavy atom. The van der Waals surface area contributed by atoms with E-state index in [1.165, 1.54) is 0 Å². The van der Waals surface area contributed by atoms with Gasteiger partial charge in [0, 0.05) is 18.7 Å². The van der Waals surface area contributed by atoms with Gasteiger partial charge in [0.2, 0.25) is 0 Å². The summed E-state index contributed by atoms with van der Waals surface area (Å²) in [4.78, 5) is 3.90. The number of nitrogens with one attached hydrogen (secondary N) is 1. The van der Waals surface area contributed by atoms with Crippen LogP contribution >= 0.6 is 0 Å². The molecule has 1 heterocycles. The fourth-order valence-electron chi connectivity index (χ4n) is 1.49. The maximum absolute atomic E-state index is 5.33. The van der Waals surface area contributed by atoms with Gasteiger partial charge >= 0.3 is 0 Å². The van der Waals surface area contributed by atoms with E-state index >= 15 is 0 Å². The molecule has 1 N–H and O–H groups in total. The fourth-order valence-corrected chi connectivity index (χ4v) is 1.49. The number of hydrogen-bond donors (Lipinski definition) is 1. The molecule has 5 nitrogen and oxygen atoms in total. The van der Waals surface area contributed by atoms with Crippen LogP contribution in [0.15, 0.2) is 12.7 Å². The van der Waals surface area contributed by atoms with Crippen LogP contribution in [0.25, 0.3) is 0 Å². The van der Waals surface area contributed by atoms with Crippen molar-refractivity contribution in [2.75, 3.05) is 13.2 Å². The van der Waals surface area contributed by atoms with Crippen LogP contribution in [0.1, 0.15) is 20.8 Å². The SMILES string of the molecule is CCOCC(C)NC(C)Cn1cncn1. The molecule has 2 unspecified atom stereocenters. The minimum absolute atomic E-state index is 0.363. The molecule has 0 radical (unpaired) electrons. The highest BCUT2D eigenvalue weighted by molar-refractivity contribution is 4.68. The summed E-state index contributed by atoms with van der Waals surface area (Å²) in [6.07, 6.45) is 3.28. The Kier molecular flexibility index (Phi) is 5.28. The van der Waals surface area contributed by atoms with Gasteiger partial charge in [-0.15, -0.1) is 0 Å². The van der Waals surface area contributed by atoms with Crippen LogP contribution in [0.3, 0.4) is 0 Å². The van der Waals surface area contributed by atoms with Crippen molar-refractivity contribution in [1.82, 2.24) is 20.1 Å². The summed E-state index contributed by atoms with van der Waals surface area (Å²) in [7, 11) is 0. The van der Waals surface area contributed by atoms with Crippen molar-refractivity contribution in [3.63, 3.8) is 0 Å². The molecular formula is C10H20N4O. The van der Waals surface area contributed by atoms with E-state index in [9.17, 15) is 0 Å². The largest absolute Gasteiger partial charge is 0.380 e. The zero-order valence-corrected chi connectivity index (χ0v) is 9.68. The number of rotatable bonds is 7. The number of ether oxygens (including phenoxy) is 1. The summed E-state index contributed by atoms with van der Waals surface area (Å²) in [5, 5.41) is 7.50. The molecule has 0 amide bonds. The van der Waals surface area contributed by atoms with Crippen molar-refractivity contribution < 1.29 is 4.74 Å². The van der Waals surface area contributed by atoms with E-state index in [1.807, 2.05) is 11.6 Å². The van der Waals surface area contributed by atoms with Gasteiger partial charge in [0.1, 0.15) is 12.7 Å². The van der Waals surface area contributed by atoms with Crippen molar-refractivity contribution in [3.05, 3.63) is 12.7 Å². The fraction of sp³-hybridized carbons (Fsp3) is 0.800. The summed E-state index contributed by atoms with van der Waals surface area (Å²) < 4.78 is 7.16. The van der Waals surface area contributed by atoms with Crippen molar-refractivity contribution in [3.8, 4) is 0 Å². The maximum atomic E-state index is 5.33. The Morgan fingerprint density at radius 3 is 2.80 bits per heavy atom. The van der Waals surface area contributed by atoms with Gasteiger partial charge < -0.3 is 10.1 Å². The molecule has 0 fully saturated rings. The van der Waals surface area contributed by atoms with Crippen molar-refractivity contribution in [1.29, 1.82) is 0 Å². The highest BCUT2D eigenvalue weighted by atomic mass is 16.5. The Hall–Kier alpha value is -0.940. The van der Waals surface area contributed by atoms with E-state index < -0.39 is 0 Å². The second-order valence-electron chi connectivity index (χ2n) is 3.75. The Bertz CT molecular complexity index is 250. The minimum atomic E-state index is 0.363. The summed E-state index contributed by atoms with van der Waals surface area (Å²) in [6.45, 7) is 8.60. The summed E-state index contributed by atoms with van der Waals surface area (Å²) in [5.74, 6) is 0. The summed E-state index contributed by atoms with van der Waals surface area (Å²) in [6, 6.07) is 0.727. The molecule has 0 aliphatic rings. The zero-order chi connectivity index (χ0) is 11.1. The van der Waals surface area contributed by atoms with Crippen LogP contribution in [-0.4, -0.2) is 40.1 Å². The molecule has 0 aromatic carbocycles. The van der Waals surface area contributed by atoms with E-state index in [2.05, 4.69) is 29.2 Å². The van der Waals surface area contributed by atoms with Gasteiger partial charge in [0.15, 0.2) is 0 Å². The lowest BCUT2D eigenvalue weighted by Crippen LogP contribution is -2.39. The van der Waals surface area contributed by atoms with Gasteiger partial charge in [0.05, 0.1) is 13.2 Å². The van der Waals surface area contributed by atoms with Crippen LogP contribution in [0.4, 0.5) is 0 Å². The van der Waals surface area contributed by atoms with Gasteiger partial charge in [-0.1, -0.05) is 0 Å². The third-order valence-corrected chi connectivity index (χ3v) is 2.07. The molecule has 1 aromatic heterocycles.